The summed E-state index contributed by atoms with van der Waals surface area (Å²) in [7, 11) is 1.78. The molecule has 0 radical (unpaired) electrons. The Morgan fingerprint density at radius 1 is 0.938 bits per heavy atom. The van der Waals surface area contributed by atoms with E-state index < -0.39 is 0 Å². The fourth-order valence-electron chi connectivity index (χ4n) is 3.56. The number of hydrogen-bond donors (Lipinski definition) is 2. The van der Waals surface area contributed by atoms with Crippen LogP contribution in [0.2, 0.25) is 0 Å². The number of anilines is 3. The molecule has 0 amide bonds. The van der Waals surface area contributed by atoms with Gasteiger partial charge >= 0.3 is 0 Å². The molecular weight excluding hydrogens is 408 g/mol. The number of ether oxygens (including phenoxy) is 1. The Morgan fingerprint density at radius 2 is 1.69 bits per heavy atom. The molecule has 3 heterocycles. The minimum absolute atomic E-state index is 0.0278. The Hall–Kier alpha value is -4.05. The first-order valence-electron chi connectivity index (χ1n) is 10.3. The third-order valence-corrected chi connectivity index (χ3v) is 5.23. The van der Waals surface area contributed by atoms with Crippen molar-refractivity contribution in [1.29, 1.82) is 0 Å². The molecule has 1 aliphatic rings. The first-order valence-corrected chi connectivity index (χ1v) is 10.3. The molecule has 32 heavy (non-hydrogen) atoms. The number of nitrogens with one attached hydrogen (secondary N) is 1. The second-order valence-electron chi connectivity index (χ2n) is 7.30. The minimum Gasteiger partial charge on any atom is -0.493 e. The van der Waals surface area contributed by atoms with Crippen LogP contribution in [-0.2, 0) is 11.8 Å². The topological polar surface area (TPSA) is 113 Å². The quantitative estimate of drug-likeness (QED) is 0.459. The number of morpholine rings is 1. The molecule has 1 fully saturated rings. The number of para-hydroxylation sites is 2. The van der Waals surface area contributed by atoms with Crippen LogP contribution in [0.25, 0.3) is 10.9 Å². The normalized spacial score (nSPS) is 14.3. The monoisotopic (exact) mass is 430 g/mol. The van der Waals surface area contributed by atoms with Crippen molar-refractivity contribution in [1.82, 2.24) is 19.5 Å². The molecule has 2 aromatic carbocycles. The number of aryl methyl sites for hydroxylation is 1. The molecule has 1 aliphatic heterocycles. The highest BCUT2D eigenvalue weighted by molar-refractivity contribution is 5.94. The fraction of sp³-hybridized carbons (Fsp3) is 0.227. The summed E-state index contributed by atoms with van der Waals surface area (Å²) in [5.41, 5.74) is 2.07. The van der Waals surface area contributed by atoms with Crippen LogP contribution in [0.15, 0.2) is 64.8 Å². The van der Waals surface area contributed by atoms with E-state index in [1.165, 1.54) is 0 Å². The lowest BCUT2D eigenvalue weighted by Crippen LogP contribution is -2.37. The second kappa shape index (κ2) is 8.60. The van der Waals surface area contributed by atoms with Crippen LogP contribution in [0, 0.1) is 0 Å². The zero-order valence-corrected chi connectivity index (χ0v) is 17.5. The van der Waals surface area contributed by atoms with Crippen molar-refractivity contribution in [2.75, 3.05) is 36.5 Å². The van der Waals surface area contributed by atoms with Crippen molar-refractivity contribution < 1.29 is 9.84 Å². The van der Waals surface area contributed by atoms with Crippen LogP contribution >= 0.6 is 0 Å². The minimum atomic E-state index is 0.0278. The molecule has 4 aromatic rings. The lowest BCUT2D eigenvalue weighted by Gasteiger charge is -2.26. The average Bonchev–Trinajstić information content (AvgIpc) is 3.08. The van der Waals surface area contributed by atoms with Gasteiger partial charge in [0.2, 0.25) is 17.8 Å². The zero-order valence-electron chi connectivity index (χ0n) is 17.5. The van der Waals surface area contributed by atoms with Crippen molar-refractivity contribution in [3.8, 4) is 5.88 Å². The van der Waals surface area contributed by atoms with E-state index in [4.69, 9.17) is 4.74 Å². The van der Waals surface area contributed by atoms with Crippen LogP contribution in [-0.4, -0.2) is 50.9 Å². The maximum Gasteiger partial charge on any atom is 0.275 e. The molecule has 0 aliphatic carbocycles. The van der Waals surface area contributed by atoms with Crippen LogP contribution in [0.3, 0.4) is 0 Å². The molecule has 0 unspecified atom stereocenters. The van der Waals surface area contributed by atoms with Crippen LogP contribution in [0.1, 0.15) is 0 Å². The first-order chi connectivity index (χ1) is 15.7. The molecule has 0 bridgehead atoms. The number of nitrogens with zero attached hydrogens (tertiary/aromatic N) is 7. The molecule has 162 valence electrons. The predicted molar refractivity (Wildman–Crippen MR) is 121 cm³/mol. The summed E-state index contributed by atoms with van der Waals surface area (Å²) in [6.45, 7) is 2.56. The van der Waals surface area contributed by atoms with E-state index >= 15 is 0 Å². The molecule has 0 spiro atoms. The summed E-state index contributed by atoms with van der Waals surface area (Å²) in [5.74, 6) is 1.04. The van der Waals surface area contributed by atoms with Gasteiger partial charge in [-0.2, -0.15) is 15.0 Å². The summed E-state index contributed by atoms with van der Waals surface area (Å²) < 4.78 is 7.10. The van der Waals surface area contributed by atoms with E-state index in [-0.39, 0.29) is 11.8 Å². The summed E-state index contributed by atoms with van der Waals surface area (Å²) in [4.78, 5) is 15.5. The second-order valence-corrected chi connectivity index (χ2v) is 7.30. The van der Waals surface area contributed by atoms with E-state index in [0.29, 0.717) is 43.9 Å². The van der Waals surface area contributed by atoms with Crippen molar-refractivity contribution in [2.45, 2.75) is 0 Å². The smallest absolute Gasteiger partial charge is 0.275 e. The van der Waals surface area contributed by atoms with Crippen molar-refractivity contribution in [3.63, 3.8) is 0 Å². The highest BCUT2D eigenvalue weighted by Crippen LogP contribution is 2.38. The average molecular weight is 430 g/mol. The molecule has 0 saturated carbocycles. The number of aromatic nitrogens is 4. The molecule has 1 saturated heterocycles. The van der Waals surface area contributed by atoms with E-state index in [1.807, 2.05) is 59.5 Å². The standard InChI is InChI=1S/C22H22N8O2/c1-29-17-10-6-5-9-16(17)18(19(29)31)27-28-21-24-20(23-15-7-3-2-4-8-15)25-22(26-21)30-11-13-32-14-12-30/h2-10,31H,11-14H2,1H3,(H,23,24,25,26). The zero-order chi connectivity index (χ0) is 21.9. The number of fused-ring (bicyclic) bond motifs is 1. The van der Waals surface area contributed by atoms with Gasteiger partial charge in [-0.1, -0.05) is 36.4 Å². The Morgan fingerprint density at radius 3 is 2.50 bits per heavy atom. The van der Waals surface area contributed by atoms with Crippen LogP contribution < -0.4 is 10.2 Å². The summed E-state index contributed by atoms with van der Waals surface area (Å²) in [5, 5.41) is 23.1. The third kappa shape index (κ3) is 3.95. The molecular formula is C22H22N8O2. The lowest BCUT2D eigenvalue weighted by atomic mass is 10.2. The van der Waals surface area contributed by atoms with Crippen LogP contribution in [0.5, 0.6) is 5.88 Å². The Kier molecular flexibility index (Phi) is 5.34. The molecule has 2 N–H and O–H groups in total. The molecule has 0 atom stereocenters. The Balaban J connectivity index is 1.52. The number of azo groups is 1. The lowest BCUT2D eigenvalue weighted by molar-refractivity contribution is 0.122. The molecule has 5 rings (SSSR count). The molecule has 2 aromatic heterocycles. The van der Waals surface area contributed by atoms with E-state index in [0.717, 1.165) is 16.6 Å². The van der Waals surface area contributed by atoms with Gasteiger partial charge in [0.1, 0.15) is 0 Å². The highest BCUT2D eigenvalue weighted by Gasteiger charge is 2.18. The SMILES string of the molecule is Cn1c(O)c(N=Nc2nc(Nc3ccccc3)nc(N3CCOCC3)n2)c2ccccc21. The van der Waals surface area contributed by atoms with Crippen LogP contribution in [0.4, 0.5) is 29.2 Å². The fourth-order valence-corrected chi connectivity index (χ4v) is 3.56. The van der Waals surface area contributed by atoms with Gasteiger partial charge in [0.15, 0.2) is 5.69 Å². The largest absolute Gasteiger partial charge is 0.493 e. The summed E-state index contributed by atoms with van der Waals surface area (Å²) in [6, 6.07) is 17.2. The number of aromatic hydroxyl groups is 1. The third-order valence-electron chi connectivity index (χ3n) is 5.23. The van der Waals surface area contributed by atoms with Gasteiger partial charge in [-0.15, -0.1) is 10.2 Å². The maximum absolute atomic E-state index is 10.5. The summed E-state index contributed by atoms with van der Waals surface area (Å²) >= 11 is 0. The number of rotatable bonds is 5. The number of benzene rings is 2. The van der Waals surface area contributed by atoms with Gasteiger partial charge in [-0.05, 0) is 18.2 Å². The van der Waals surface area contributed by atoms with Gasteiger partial charge in [-0.3, -0.25) is 0 Å². The van der Waals surface area contributed by atoms with E-state index in [9.17, 15) is 5.11 Å². The van der Waals surface area contributed by atoms with Gasteiger partial charge in [0.05, 0.1) is 18.7 Å². The highest BCUT2D eigenvalue weighted by atomic mass is 16.5. The van der Waals surface area contributed by atoms with E-state index in [2.05, 4.69) is 30.5 Å². The number of hydrogen-bond acceptors (Lipinski definition) is 9. The van der Waals surface area contributed by atoms with Gasteiger partial charge < -0.3 is 24.6 Å². The van der Waals surface area contributed by atoms with Crippen molar-refractivity contribution in [3.05, 3.63) is 54.6 Å². The first kappa shape index (κ1) is 19.9. The van der Waals surface area contributed by atoms with Gasteiger partial charge in [0, 0.05) is 31.2 Å². The van der Waals surface area contributed by atoms with Crippen molar-refractivity contribution >= 4 is 40.1 Å². The molecule has 10 nitrogen and oxygen atoms in total. The summed E-state index contributed by atoms with van der Waals surface area (Å²) in [6.07, 6.45) is 0. The Bertz CT molecular complexity index is 1270. The van der Waals surface area contributed by atoms with Crippen molar-refractivity contribution in [2.24, 2.45) is 17.3 Å². The molecule has 10 heteroatoms. The maximum atomic E-state index is 10.5. The van der Waals surface area contributed by atoms with Gasteiger partial charge in [-0.25, -0.2) is 0 Å². The van der Waals surface area contributed by atoms with E-state index in [1.54, 1.807) is 11.6 Å². The Labute approximate surface area is 184 Å². The predicted octanol–water partition coefficient (Wildman–Crippen LogP) is 4.06. The van der Waals surface area contributed by atoms with Gasteiger partial charge in [0.25, 0.3) is 5.95 Å².